The molecule has 2 aromatic rings. The first-order chi connectivity index (χ1) is 10.7. The summed E-state index contributed by atoms with van der Waals surface area (Å²) >= 11 is 1.18. The number of ketones is 1. The smallest absolute Gasteiger partial charge is 0.269 e. The van der Waals surface area contributed by atoms with Crippen LogP contribution in [0.15, 0.2) is 29.1 Å². The van der Waals surface area contributed by atoms with Gasteiger partial charge in [0.2, 0.25) is 0 Å². The van der Waals surface area contributed by atoms with Crippen LogP contribution >= 0.6 is 11.3 Å². The lowest BCUT2D eigenvalue weighted by molar-refractivity contribution is -0.384. The molecule has 0 saturated heterocycles. The van der Waals surface area contributed by atoms with E-state index in [1.165, 1.54) is 29.5 Å². The maximum atomic E-state index is 12.0. The number of aromatic amines is 1. The van der Waals surface area contributed by atoms with E-state index in [-0.39, 0.29) is 17.0 Å². The Morgan fingerprint density at radius 2 is 1.87 bits per heavy atom. The normalized spacial score (nSPS) is 13.3. The molecule has 6 nitrogen and oxygen atoms in total. The Morgan fingerprint density at radius 3 is 2.39 bits per heavy atom. The number of hydrogen-bond donors (Lipinski definition) is 1. The Bertz CT molecular complexity index is 915. The molecule has 120 valence electrons. The zero-order valence-corrected chi connectivity index (χ0v) is 13.8. The van der Waals surface area contributed by atoms with Crippen molar-refractivity contribution in [1.82, 2.24) is 4.98 Å². The van der Waals surface area contributed by atoms with Crippen LogP contribution in [0.4, 0.5) is 5.69 Å². The second-order valence-corrected chi connectivity index (χ2v) is 7.12. The number of thiazole rings is 1. The molecule has 0 radical (unpaired) electrons. The predicted molar refractivity (Wildman–Crippen MR) is 89.8 cm³/mol. The number of nitrogens with one attached hydrogen (secondary N) is 1. The quantitative estimate of drug-likeness (QED) is 0.682. The number of nitrogens with zero attached hydrogens (tertiary/aromatic N) is 1. The van der Waals surface area contributed by atoms with Crippen molar-refractivity contribution in [2.75, 3.05) is 0 Å². The lowest BCUT2D eigenvalue weighted by Gasteiger charge is -2.12. The summed E-state index contributed by atoms with van der Waals surface area (Å²) in [6.45, 7) is 5.42. The fourth-order valence-electron chi connectivity index (χ4n) is 1.70. The molecule has 0 unspecified atom stereocenters. The molecule has 0 aliphatic rings. The summed E-state index contributed by atoms with van der Waals surface area (Å²) in [4.78, 5) is 36.7. The number of rotatable bonds is 3. The van der Waals surface area contributed by atoms with E-state index in [2.05, 4.69) is 4.98 Å². The van der Waals surface area contributed by atoms with Crippen molar-refractivity contribution < 1.29 is 9.72 Å². The van der Waals surface area contributed by atoms with Gasteiger partial charge in [-0.25, -0.2) is 0 Å². The van der Waals surface area contributed by atoms with Crippen molar-refractivity contribution in [2.24, 2.45) is 5.41 Å². The van der Waals surface area contributed by atoms with Gasteiger partial charge in [-0.05, 0) is 23.8 Å². The molecule has 0 amide bonds. The summed E-state index contributed by atoms with van der Waals surface area (Å²) in [5.74, 6) is -0.0723. The lowest BCUT2D eigenvalue weighted by Crippen LogP contribution is -2.22. The van der Waals surface area contributed by atoms with Gasteiger partial charge in [0, 0.05) is 23.6 Å². The average molecular weight is 332 g/mol. The summed E-state index contributed by atoms with van der Waals surface area (Å²) in [5.41, 5.74) is -0.131. The van der Waals surface area contributed by atoms with Gasteiger partial charge in [-0.3, -0.25) is 19.7 Å². The first kappa shape index (κ1) is 16.8. The first-order valence-corrected chi connectivity index (χ1v) is 7.70. The van der Waals surface area contributed by atoms with Crippen molar-refractivity contribution in [3.8, 4) is 0 Å². The van der Waals surface area contributed by atoms with Gasteiger partial charge in [-0.2, -0.15) is 0 Å². The van der Waals surface area contributed by atoms with Gasteiger partial charge < -0.3 is 4.98 Å². The van der Waals surface area contributed by atoms with E-state index in [0.29, 0.717) is 14.8 Å². The zero-order chi connectivity index (χ0) is 17.2. The van der Waals surface area contributed by atoms with Crippen LogP contribution in [-0.2, 0) is 4.79 Å². The molecule has 0 saturated carbocycles. The number of nitro groups is 1. The topological polar surface area (TPSA) is 93.1 Å². The highest BCUT2D eigenvalue weighted by molar-refractivity contribution is 7.07. The van der Waals surface area contributed by atoms with E-state index in [0.717, 1.165) is 0 Å². The molecule has 0 spiro atoms. The summed E-state index contributed by atoms with van der Waals surface area (Å²) in [6.07, 6.45) is 3.06. The minimum atomic E-state index is -0.511. The van der Waals surface area contributed by atoms with Crippen LogP contribution in [0.5, 0.6) is 0 Å². The van der Waals surface area contributed by atoms with Crippen LogP contribution in [0.25, 0.3) is 12.2 Å². The molecule has 1 heterocycles. The number of Topliss-reactive ketones (excluding diaryl/α,β-unsaturated/α-hetero) is 1. The number of nitro benzene ring substituents is 1. The van der Waals surface area contributed by atoms with Gasteiger partial charge in [0.05, 0.1) is 14.1 Å². The largest absolute Gasteiger partial charge is 0.313 e. The highest BCUT2D eigenvalue weighted by Gasteiger charge is 2.18. The molecule has 0 aliphatic carbocycles. The Labute approximate surface area is 135 Å². The fraction of sp³-hybridized carbons (Fsp3) is 0.250. The number of carbonyl (C=O) groups is 1. The maximum Gasteiger partial charge on any atom is 0.269 e. The van der Waals surface area contributed by atoms with Gasteiger partial charge in [-0.1, -0.05) is 20.8 Å². The molecule has 0 bridgehead atoms. The van der Waals surface area contributed by atoms with E-state index in [1.54, 1.807) is 18.2 Å². The SMILES string of the molecule is CC(C)(C)C(=O)C=c1[nH]c(=O)c(=Cc2ccc([N+](=O)[O-])cc2)s1. The molecule has 0 atom stereocenters. The summed E-state index contributed by atoms with van der Waals surface area (Å²) < 4.78 is 0.926. The molecule has 2 rings (SSSR count). The van der Waals surface area contributed by atoms with E-state index in [9.17, 15) is 19.7 Å². The minimum absolute atomic E-state index is 0.00737. The van der Waals surface area contributed by atoms with Crippen molar-refractivity contribution in [2.45, 2.75) is 20.8 Å². The lowest BCUT2D eigenvalue weighted by atomic mass is 9.91. The number of benzene rings is 1. The Balaban J connectivity index is 2.42. The van der Waals surface area contributed by atoms with E-state index >= 15 is 0 Å². The first-order valence-electron chi connectivity index (χ1n) is 6.88. The van der Waals surface area contributed by atoms with Crippen LogP contribution in [0.2, 0.25) is 0 Å². The van der Waals surface area contributed by atoms with Gasteiger partial charge in [0.15, 0.2) is 5.78 Å². The minimum Gasteiger partial charge on any atom is -0.313 e. The molecule has 23 heavy (non-hydrogen) atoms. The Hall–Kier alpha value is -2.54. The standard InChI is InChI=1S/C16H16N2O4S/c1-16(2,3)13(19)9-14-17-15(20)12(23-14)8-10-4-6-11(7-5-10)18(21)22/h4-9H,1-3H3,(H,17,20). The third-order valence-electron chi connectivity index (χ3n) is 3.08. The third-order valence-corrected chi connectivity index (χ3v) is 4.05. The molecule has 0 aliphatic heterocycles. The highest BCUT2D eigenvalue weighted by atomic mass is 32.1. The van der Waals surface area contributed by atoms with E-state index in [1.807, 2.05) is 20.8 Å². The number of non-ortho nitro benzene ring substituents is 1. The third kappa shape index (κ3) is 4.23. The molecule has 0 fully saturated rings. The molecular formula is C16H16N2O4S. The van der Waals surface area contributed by atoms with Crippen molar-refractivity contribution >= 4 is 35.0 Å². The average Bonchev–Trinajstić information content (AvgIpc) is 2.78. The number of aromatic nitrogens is 1. The molecule has 1 aromatic carbocycles. The summed E-state index contributed by atoms with van der Waals surface area (Å²) in [6, 6.07) is 5.90. The maximum absolute atomic E-state index is 12.0. The number of carbonyl (C=O) groups excluding carboxylic acids is 1. The van der Waals surface area contributed by atoms with Gasteiger partial charge >= 0.3 is 0 Å². The Kier molecular flexibility index (Phi) is 4.60. The van der Waals surface area contributed by atoms with E-state index in [4.69, 9.17) is 0 Å². The van der Waals surface area contributed by atoms with Crippen LogP contribution in [0, 0.1) is 15.5 Å². The second kappa shape index (κ2) is 6.29. The second-order valence-electron chi connectivity index (χ2n) is 6.04. The van der Waals surface area contributed by atoms with Crippen molar-refractivity contribution in [3.63, 3.8) is 0 Å². The highest BCUT2D eigenvalue weighted by Crippen LogP contribution is 2.14. The van der Waals surface area contributed by atoms with Crippen LogP contribution in [0.3, 0.4) is 0 Å². The zero-order valence-electron chi connectivity index (χ0n) is 13.0. The van der Waals surface area contributed by atoms with Crippen LogP contribution in [0.1, 0.15) is 26.3 Å². The van der Waals surface area contributed by atoms with Crippen LogP contribution in [-0.4, -0.2) is 15.7 Å². The molecular weight excluding hydrogens is 316 g/mol. The van der Waals surface area contributed by atoms with Crippen molar-refractivity contribution in [3.05, 3.63) is 59.5 Å². The predicted octanol–water partition coefficient (Wildman–Crippen LogP) is 1.57. The monoisotopic (exact) mass is 332 g/mol. The Morgan fingerprint density at radius 1 is 1.26 bits per heavy atom. The van der Waals surface area contributed by atoms with Gasteiger partial charge in [0.1, 0.15) is 0 Å². The summed E-state index contributed by atoms with van der Waals surface area (Å²) in [7, 11) is 0. The summed E-state index contributed by atoms with van der Waals surface area (Å²) in [5, 5.41) is 10.6. The van der Waals surface area contributed by atoms with Crippen molar-refractivity contribution in [1.29, 1.82) is 0 Å². The van der Waals surface area contributed by atoms with Gasteiger partial charge in [0.25, 0.3) is 11.2 Å². The van der Waals surface area contributed by atoms with Crippen LogP contribution < -0.4 is 14.8 Å². The molecule has 1 N–H and O–H groups in total. The number of hydrogen-bond acceptors (Lipinski definition) is 5. The van der Waals surface area contributed by atoms with E-state index < -0.39 is 10.3 Å². The fourth-order valence-corrected chi connectivity index (χ4v) is 2.59. The molecule has 1 aromatic heterocycles. The van der Waals surface area contributed by atoms with Gasteiger partial charge in [-0.15, -0.1) is 11.3 Å². The number of H-pyrrole nitrogens is 1. The molecule has 7 heteroatoms.